The standard InChI is InChI=1S/C17H18Br2N2O4/c1-7(15(22)20-6-8-3-2-4-25-8)21-16(23)11-9-5-10(12(11)17(21)24)14(19)13(9)18/h2-4,7,9-14H,5-6H2,1H3,(H,20,22). The van der Waals surface area contributed by atoms with Crippen LogP contribution in [0.25, 0.3) is 0 Å². The predicted octanol–water partition coefficient (Wildman–Crippen LogP) is 2.06. The first kappa shape index (κ1) is 17.3. The van der Waals surface area contributed by atoms with E-state index in [9.17, 15) is 14.4 Å². The normalized spacial score (nSPS) is 37.5. The van der Waals surface area contributed by atoms with Gasteiger partial charge in [-0.2, -0.15) is 0 Å². The van der Waals surface area contributed by atoms with E-state index in [2.05, 4.69) is 37.2 Å². The summed E-state index contributed by atoms with van der Waals surface area (Å²) in [5, 5.41) is 2.73. The quantitative estimate of drug-likeness (QED) is 0.536. The molecule has 8 heteroatoms. The van der Waals surface area contributed by atoms with Gasteiger partial charge in [-0.25, -0.2) is 0 Å². The lowest BCUT2D eigenvalue weighted by molar-refractivity contribution is -0.148. The van der Waals surface area contributed by atoms with Gasteiger partial charge in [-0.3, -0.25) is 19.3 Å². The number of nitrogens with zero attached hydrogens (tertiary/aromatic N) is 1. The van der Waals surface area contributed by atoms with Crippen LogP contribution in [-0.4, -0.2) is 38.3 Å². The van der Waals surface area contributed by atoms with E-state index in [4.69, 9.17) is 4.42 Å². The number of hydrogen-bond acceptors (Lipinski definition) is 4. The molecule has 134 valence electrons. The van der Waals surface area contributed by atoms with E-state index in [-0.39, 0.29) is 57.6 Å². The lowest BCUT2D eigenvalue weighted by atomic mass is 9.81. The summed E-state index contributed by atoms with van der Waals surface area (Å²) in [5.74, 6) is -0.417. The van der Waals surface area contributed by atoms with Crippen molar-refractivity contribution in [2.24, 2.45) is 23.7 Å². The Labute approximate surface area is 161 Å². The highest BCUT2D eigenvalue weighted by molar-refractivity contribution is 9.12. The number of imide groups is 1. The van der Waals surface area contributed by atoms with Crippen LogP contribution < -0.4 is 5.32 Å². The Morgan fingerprint density at radius 1 is 1.28 bits per heavy atom. The Morgan fingerprint density at radius 2 is 1.88 bits per heavy atom. The second-order valence-corrected chi connectivity index (χ2v) is 9.14. The number of hydrogen-bond donors (Lipinski definition) is 1. The second kappa shape index (κ2) is 6.23. The van der Waals surface area contributed by atoms with Crippen LogP contribution in [-0.2, 0) is 20.9 Å². The number of rotatable bonds is 4. The summed E-state index contributed by atoms with van der Waals surface area (Å²) in [6.45, 7) is 1.84. The molecular formula is C17H18Br2N2O4. The van der Waals surface area contributed by atoms with Crippen molar-refractivity contribution in [2.45, 2.75) is 35.6 Å². The van der Waals surface area contributed by atoms with Gasteiger partial charge < -0.3 is 9.73 Å². The Balaban J connectivity index is 1.48. The molecule has 0 radical (unpaired) electrons. The lowest BCUT2D eigenvalue weighted by Crippen LogP contribution is -2.48. The molecule has 25 heavy (non-hydrogen) atoms. The zero-order valence-electron chi connectivity index (χ0n) is 13.5. The second-order valence-electron chi connectivity index (χ2n) is 7.02. The van der Waals surface area contributed by atoms with Crippen LogP contribution in [0.1, 0.15) is 19.1 Å². The Hall–Kier alpha value is -1.15. The van der Waals surface area contributed by atoms with Gasteiger partial charge in [0.1, 0.15) is 11.8 Å². The van der Waals surface area contributed by atoms with Crippen LogP contribution in [0.3, 0.4) is 0 Å². The van der Waals surface area contributed by atoms with E-state index < -0.39 is 6.04 Å². The van der Waals surface area contributed by atoms with Gasteiger partial charge in [0.05, 0.1) is 24.6 Å². The van der Waals surface area contributed by atoms with Crippen LogP contribution in [0.2, 0.25) is 0 Å². The van der Waals surface area contributed by atoms with Crippen molar-refractivity contribution < 1.29 is 18.8 Å². The van der Waals surface area contributed by atoms with Crippen molar-refractivity contribution in [3.05, 3.63) is 24.2 Å². The number of likely N-dealkylation sites (tertiary alicyclic amines) is 1. The zero-order chi connectivity index (χ0) is 17.9. The van der Waals surface area contributed by atoms with Gasteiger partial charge in [-0.15, -0.1) is 0 Å². The first-order valence-electron chi connectivity index (χ1n) is 8.37. The van der Waals surface area contributed by atoms with Gasteiger partial charge in [-0.1, -0.05) is 31.9 Å². The summed E-state index contributed by atoms with van der Waals surface area (Å²) < 4.78 is 5.18. The van der Waals surface area contributed by atoms with Crippen molar-refractivity contribution in [1.29, 1.82) is 0 Å². The molecular weight excluding hydrogens is 456 g/mol. The largest absolute Gasteiger partial charge is 0.467 e. The number of alkyl halides is 2. The summed E-state index contributed by atoms with van der Waals surface area (Å²) in [7, 11) is 0. The van der Waals surface area contributed by atoms with Crippen LogP contribution in [0, 0.1) is 23.7 Å². The molecule has 3 amide bonds. The fraction of sp³-hybridized carbons (Fsp3) is 0.588. The Kier molecular flexibility index (Phi) is 4.30. The molecule has 3 aliphatic rings. The van der Waals surface area contributed by atoms with E-state index >= 15 is 0 Å². The van der Waals surface area contributed by atoms with Crippen molar-refractivity contribution in [1.82, 2.24) is 10.2 Å². The molecule has 7 unspecified atom stereocenters. The van der Waals surface area contributed by atoms with E-state index in [0.717, 1.165) is 6.42 Å². The molecule has 1 N–H and O–H groups in total. The highest BCUT2D eigenvalue weighted by Crippen LogP contribution is 2.60. The van der Waals surface area contributed by atoms with E-state index in [0.29, 0.717) is 5.76 Å². The third-order valence-corrected chi connectivity index (χ3v) is 9.01. The number of fused-ring (bicyclic) bond motifs is 5. The van der Waals surface area contributed by atoms with E-state index in [1.807, 2.05) is 0 Å². The maximum absolute atomic E-state index is 12.9. The molecule has 7 atom stereocenters. The molecule has 1 saturated heterocycles. The minimum absolute atomic E-state index is 0.152. The van der Waals surface area contributed by atoms with Gasteiger partial charge in [0.15, 0.2) is 0 Å². The number of nitrogens with one attached hydrogen (secondary N) is 1. The van der Waals surface area contributed by atoms with E-state index in [1.54, 1.807) is 19.1 Å². The summed E-state index contributed by atoms with van der Waals surface area (Å²) in [5.41, 5.74) is 0. The van der Waals surface area contributed by atoms with E-state index in [1.165, 1.54) is 11.2 Å². The maximum Gasteiger partial charge on any atom is 0.243 e. The van der Waals surface area contributed by atoms with Crippen molar-refractivity contribution in [2.75, 3.05) is 0 Å². The summed E-state index contributed by atoms with van der Waals surface area (Å²) in [4.78, 5) is 39.8. The third kappa shape index (κ3) is 2.51. The number of carbonyl (C=O) groups is 3. The van der Waals surface area contributed by atoms with Crippen molar-refractivity contribution in [3.8, 4) is 0 Å². The van der Waals surface area contributed by atoms with Crippen molar-refractivity contribution >= 4 is 49.6 Å². The lowest BCUT2D eigenvalue weighted by Gasteiger charge is -2.28. The molecule has 0 spiro atoms. The maximum atomic E-state index is 12.9. The van der Waals surface area contributed by atoms with Gasteiger partial charge in [0.2, 0.25) is 17.7 Å². The number of halogens is 2. The van der Waals surface area contributed by atoms with Crippen LogP contribution in [0.15, 0.2) is 22.8 Å². The average molecular weight is 474 g/mol. The fourth-order valence-electron chi connectivity index (χ4n) is 4.61. The smallest absolute Gasteiger partial charge is 0.243 e. The first-order valence-corrected chi connectivity index (χ1v) is 10.2. The third-order valence-electron chi connectivity index (χ3n) is 5.80. The van der Waals surface area contributed by atoms with Crippen molar-refractivity contribution in [3.63, 3.8) is 0 Å². The Bertz CT molecular complexity index is 690. The van der Waals surface area contributed by atoms with Crippen LogP contribution >= 0.6 is 31.9 Å². The molecule has 6 nitrogen and oxygen atoms in total. The topological polar surface area (TPSA) is 79.6 Å². The van der Waals surface area contributed by atoms with Crippen LogP contribution in [0.5, 0.6) is 0 Å². The molecule has 1 aromatic heterocycles. The predicted molar refractivity (Wildman–Crippen MR) is 95.9 cm³/mol. The molecule has 1 aliphatic heterocycles. The highest BCUT2D eigenvalue weighted by atomic mass is 79.9. The number of carbonyl (C=O) groups excluding carboxylic acids is 3. The molecule has 1 aromatic rings. The highest BCUT2D eigenvalue weighted by Gasteiger charge is 2.67. The molecule has 0 aromatic carbocycles. The zero-order valence-corrected chi connectivity index (χ0v) is 16.7. The number of furan rings is 1. The van der Waals surface area contributed by atoms with Gasteiger partial charge >= 0.3 is 0 Å². The minimum atomic E-state index is -0.817. The summed E-state index contributed by atoms with van der Waals surface area (Å²) >= 11 is 7.32. The Morgan fingerprint density at radius 3 is 2.40 bits per heavy atom. The monoisotopic (exact) mass is 472 g/mol. The molecule has 2 saturated carbocycles. The molecule has 2 bridgehead atoms. The molecule has 3 fully saturated rings. The van der Waals surface area contributed by atoms with Gasteiger partial charge in [0.25, 0.3) is 0 Å². The van der Waals surface area contributed by atoms with Gasteiger partial charge in [0, 0.05) is 9.65 Å². The minimum Gasteiger partial charge on any atom is -0.467 e. The van der Waals surface area contributed by atoms with Crippen LogP contribution in [0.4, 0.5) is 0 Å². The molecule has 4 rings (SSSR count). The fourth-order valence-corrected chi connectivity index (χ4v) is 6.48. The first-order chi connectivity index (χ1) is 11.9. The SMILES string of the molecule is CC(C(=O)NCc1ccco1)N1C(=O)C2C3CC(C(Br)C3Br)C2C1=O. The summed E-state index contributed by atoms with van der Waals surface area (Å²) in [6.07, 6.45) is 2.41. The van der Waals surface area contributed by atoms with Gasteiger partial charge in [-0.05, 0) is 37.3 Å². The molecule has 2 heterocycles. The molecule has 2 aliphatic carbocycles. The number of amides is 3. The average Bonchev–Trinajstić information content (AvgIpc) is 3.33. The summed E-state index contributed by atoms with van der Waals surface area (Å²) in [6, 6.07) is 2.68.